The highest BCUT2D eigenvalue weighted by atomic mass is 16.5. The zero-order valence-electron chi connectivity index (χ0n) is 10.6. The maximum atomic E-state index is 11.6. The standard InChI is InChI=1S/C14H18O4/c1-3-14(16,17)8-7-11-5-4-6-12(9-11)13(15)10-18-2/h4-9,16-17H,3,10H2,1-2H3. The molecule has 1 rings (SSSR count). The van der Waals surface area contributed by atoms with Gasteiger partial charge in [0, 0.05) is 19.1 Å². The fourth-order valence-electron chi connectivity index (χ4n) is 1.38. The molecule has 18 heavy (non-hydrogen) atoms. The van der Waals surface area contributed by atoms with E-state index in [2.05, 4.69) is 0 Å². The molecule has 4 nitrogen and oxygen atoms in total. The third-order valence-corrected chi connectivity index (χ3v) is 2.55. The van der Waals surface area contributed by atoms with E-state index in [0.717, 1.165) is 5.56 Å². The van der Waals surface area contributed by atoms with E-state index in [1.165, 1.54) is 13.2 Å². The summed E-state index contributed by atoms with van der Waals surface area (Å²) in [6.45, 7) is 1.70. The highest BCUT2D eigenvalue weighted by Gasteiger charge is 2.14. The van der Waals surface area contributed by atoms with Gasteiger partial charge in [0.05, 0.1) is 0 Å². The summed E-state index contributed by atoms with van der Waals surface area (Å²) in [7, 11) is 1.47. The highest BCUT2D eigenvalue weighted by molar-refractivity contribution is 5.97. The van der Waals surface area contributed by atoms with Gasteiger partial charge in [-0.05, 0) is 17.7 Å². The third-order valence-electron chi connectivity index (χ3n) is 2.55. The quantitative estimate of drug-likeness (QED) is 0.594. The molecule has 0 saturated carbocycles. The van der Waals surface area contributed by atoms with Crippen LogP contribution in [0.5, 0.6) is 0 Å². The van der Waals surface area contributed by atoms with Crippen LogP contribution in [0.25, 0.3) is 6.08 Å². The average Bonchev–Trinajstić information content (AvgIpc) is 2.37. The van der Waals surface area contributed by atoms with Gasteiger partial charge in [-0.1, -0.05) is 31.2 Å². The minimum atomic E-state index is -1.81. The number of Topliss-reactive ketones (excluding diaryl/α,β-unsaturated/α-hetero) is 1. The van der Waals surface area contributed by atoms with Crippen LogP contribution in [-0.2, 0) is 4.74 Å². The molecule has 1 aromatic rings. The fourth-order valence-corrected chi connectivity index (χ4v) is 1.38. The second-order valence-electron chi connectivity index (χ2n) is 4.05. The van der Waals surface area contributed by atoms with Crippen LogP contribution < -0.4 is 0 Å². The van der Waals surface area contributed by atoms with E-state index < -0.39 is 5.79 Å². The Hall–Kier alpha value is -1.49. The van der Waals surface area contributed by atoms with Crippen LogP contribution in [0.4, 0.5) is 0 Å². The fraction of sp³-hybridized carbons (Fsp3) is 0.357. The summed E-state index contributed by atoms with van der Waals surface area (Å²) >= 11 is 0. The van der Waals surface area contributed by atoms with Crippen molar-refractivity contribution in [1.29, 1.82) is 0 Å². The molecule has 0 aliphatic heterocycles. The Kier molecular flexibility index (Phi) is 5.22. The van der Waals surface area contributed by atoms with E-state index >= 15 is 0 Å². The minimum Gasteiger partial charge on any atom is -0.377 e. The lowest BCUT2D eigenvalue weighted by Gasteiger charge is -2.13. The normalized spacial score (nSPS) is 12.0. The van der Waals surface area contributed by atoms with Crippen LogP contribution in [0.3, 0.4) is 0 Å². The summed E-state index contributed by atoms with van der Waals surface area (Å²) in [6, 6.07) is 6.91. The van der Waals surface area contributed by atoms with Gasteiger partial charge in [0.25, 0.3) is 0 Å². The van der Waals surface area contributed by atoms with Crippen molar-refractivity contribution in [3.05, 3.63) is 41.5 Å². The van der Waals surface area contributed by atoms with Crippen molar-refractivity contribution >= 4 is 11.9 Å². The van der Waals surface area contributed by atoms with Crippen molar-refractivity contribution in [2.45, 2.75) is 19.1 Å². The summed E-state index contributed by atoms with van der Waals surface area (Å²) in [5, 5.41) is 18.9. The molecule has 2 N–H and O–H groups in total. The first-order chi connectivity index (χ1) is 8.48. The van der Waals surface area contributed by atoms with E-state index in [-0.39, 0.29) is 18.8 Å². The molecule has 0 bridgehead atoms. The number of ketones is 1. The van der Waals surface area contributed by atoms with Crippen molar-refractivity contribution in [2.24, 2.45) is 0 Å². The van der Waals surface area contributed by atoms with Gasteiger partial charge in [0.15, 0.2) is 11.6 Å². The zero-order chi connectivity index (χ0) is 13.6. The molecule has 98 valence electrons. The molecule has 0 saturated heterocycles. The number of carbonyl (C=O) groups is 1. The summed E-state index contributed by atoms with van der Waals surface area (Å²) in [5.74, 6) is -1.92. The van der Waals surface area contributed by atoms with E-state index in [1.54, 1.807) is 37.3 Å². The van der Waals surface area contributed by atoms with Crippen LogP contribution in [0.1, 0.15) is 29.3 Å². The zero-order valence-corrected chi connectivity index (χ0v) is 10.6. The number of benzene rings is 1. The van der Waals surface area contributed by atoms with E-state index in [1.807, 2.05) is 0 Å². The van der Waals surface area contributed by atoms with Gasteiger partial charge in [-0.15, -0.1) is 0 Å². The second kappa shape index (κ2) is 6.44. The SMILES string of the molecule is CCC(O)(O)C=Cc1cccc(C(=O)COC)c1. The average molecular weight is 250 g/mol. The second-order valence-corrected chi connectivity index (χ2v) is 4.05. The van der Waals surface area contributed by atoms with Crippen molar-refractivity contribution in [3.63, 3.8) is 0 Å². The van der Waals surface area contributed by atoms with Crippen LogP contribution in [0.15, 0.2) is 30.3 Å². The summed E-state index contributed by atoms with van der Waals surface area (Å²) in [5.41, 5.74) is 1.27. The molecule has 0 aromatic heterocycles. The van der Waals surface area contributed by atoms with Gasteiger partial charge in [-0.2, -0.15) is 0 Å². The van der Waals surface area contributed by atoms with Gasteiger partial charge in [0.2, 0.25) is 0 Å². The maximum absolute atomic E-state index is 11.6. The number of ether oxygens (including phenoxy) is 1. The smallest absolute Gasteiger partial charge is 0.188 e. The van der Waals surface area contributed by atoms with Gasteiger partial charge in [-0.3, -0.25) is 4.79 Å². The molecule has 0 spiro atoms. The van der Waals surface area contributed by atoms with Gasteiger partial charge < -0.3 is 14.9 Å². The first-order valence-electron chi connectivity index (χ1n) is 5.74. The predicted molar refractivity (Wildman–Crippen MR) is 69.1 cm³/mol. The first kappa shape index (κ1) is 14.6. The lowest BCUT2D eigenvalue weighted by Crippen LogP contribution is -2.22. The number of hydrogen-bond donors (Lipinski definition) is 2. The number of methoxy groups -OCH3 is 1. The number of carbonyl (C=O) groups excluding carboxylic acids is 1. The summed E-state index contributed by atoms with van der Waals surface area (Å²) in [6.07, 6.45) is 3.08. The van der Waals surface area contributed by atoms with Gasteiger partial charge in [-0.25, -0.2) is 0 Å². The number of aliphatic hydroxyl groups is 2. The van der Waals surface area contributed by atoms with Crippen molar-refractivity contribution < 1.29 is 19.7 Å². The lowest BCUT2D eigenvalue weighted by atomic mass is 10.1. The predicted octanol–water partition coefficient (Wildman–Crippen LogP) is 1.62. The molecular weight excluding hydrogens is 232 g/mol. The summed E-state index contributed by atoms with van der Waals surface area (Å²) < 4.78 is 4.78. The van der Waals surface area contributed by atoms with Crippen LogP contribution in [-0.4, -0.2) is 35.5 Å². The third kappa shape index (κ3) is 4.41. The van der Waals surface area contributed by atoms with E-state index in [9.17, 15) is 15.0 Å². The van der Waals surface area contributed by atoms with Crippen LogP contribution in [0, 0.1) is 0 Å². The Morgan fingerprint density at radius 3 is 2.78 bits per heavy atom. The van der Waals surface area contributed by atoms with E-state index in [4.69, 9.17) is 4.74 Å². The van der Waals surface area contributed by atoms with Gasteiger partial charge in [0.1, 0.15) is 6.61 Å². The van der Waals surface area contributed by atoms with Crippen LogP contribution in [0.2, 0.25) is 0 Å². The molecule has 0 heterocycles. The minimum absolute atomic E-state index is 0.0338. The van der Waals surface area contributed by atoms with Crippen molar-refractivity contribution in [3.8, 4) is 0 Å². The molecular formula is C14H18O4. The monoisotopic (exact) mass is 250 g/mol. The molecule has 0 radical (unpaired) electrons. The molecule has 0 unspecified atom stereocenters. The molecule has 1 aromatic carbocycles. The number of rotatable bonds is 6. The molecule has 0 fully saturated rings. The highest BCUT2D eigenvalue weighted by Crippen LogP contribution is 2.12. The molecule has 0 aliphatic carbocycles. The largest absolute Gasteiger partial charge is 0.377 e. The maximum Gasteiger partial charge on any atom is 0.188 e. The Morgan fingerprint density at radius 2 is 2.17 bits per heavy atom. The Balaban J connectivity index is 2.86. The summed E-state index contributed by atoms with van der Waals surface area (Å²) in [4.78, 5) is 11.6. The Bertz CT molecular complexity index is 435. The Labute approximate surface area is 107 Å². The molecule has 0 amide bonds. The molecule has 4 heteroatoms. The molecule has 0 aliphatic rings. The topological polar surface area (TPSA) is 66.8 Å². The first-order valence-corrected chi connectivity index (χ1v) is 5.74. The van der Waals surface area contributed by atoms with Crippen molar-refractivity contribution in [1.82, 2.24) is 0 Å². The van der Waals surface area contributed by atoms with E-state index in [0.29, 0.717) is 5.56 Å². The Morgan fingerprint density at radius 1 is 1.44 bits per heavy atom. The van der Waals surface area contributed by atoms with Gasteiger partial charge >= 0.3 is 0 Å². The lowest BCUT2D eigenvalue weighted by molar-refractivity contribution is -0.118. The number of hydrogen-bond acceptors (Lipinski definition) is 4. The van der Waals surface area contributed by atoms with Crippen LogP contribution >= 0.6 is 0 Å². The molecule has 0 atom stereocenters. The van der Waals surface area contributed by atoms with Crippen molar-refractivity contribution in [2.75, 3.05) is 13.7 Å².